The number of rotatable bonds is 7. The zero-order valence-electron chi connectivity index (χ0n) is 10.2. The topological polar surface area (TPSA) is 84.9 Å². The van der Waals surface area contributed by atoms with Gasteiger partial charge in [-0.1, -0.05) is 0 Å². The van der Waals surface area contributed by atoms with Crippen molar-refractivity contribution in [2.75, 3.05) is 0 Å². The third kappa shape index (κ3) is 4.82. The third-order valence-electron chi connectivity index (χ3n) is 2.37. The Morgan fingerprint density at radius 1 is 1.39 bits per heavy atom. The van der Waals surface area contributed by atoms with E-state index in [4.69, 9.17) is 0 Å². The first kappa shape index (κ1) is 14.0. The van der Waals surface area contributed by atoms with Crippen LogP contribution in [0.4, 0.5) is 11.4 Å². The van der Waals surface area contributed by atoms with Crippen molar-refractivity contribution >= 4 is 17.7 Å². The first-order chi connectivity index (χ1) is 8.63. The highest BCUT2D eigenvalue weighted by molar-refractivity contribution is 5.49. The molecule has 0 fully saturated rings. The standard InChI is InChI=1S/C12H15N3O3/c1-10(4-2-3-9-16)13-14-11-5-7-12(8-6-11)15(17)18/h5-10H,2-4H2,1H3. The fourth-order valence-corrected chi connectivity index (χ4v) is 1.36. The van der Waals surface area contributed by atoms with Crippen molar-refractivity contribution in [1.82, 2.24) is 0 Å². The predicted octanol–water partition coefficient (Wildman–Crippen LogP) is 3.44. The average Bonchev–Trinajstić information content (AvgIpc) is 2.37. The number of benzene rings is 1. The molecule has 0 aromatic heterocycles. The van der Waals surface area contributed by atoms with E-state index in [1.165, 1.54) is 12.1 Å². The van der Waals surface area contributed by atoms with Gasteiger partial charge < -0.3 is 4.79 Å². The maximum atomic E-state index is 10.4. The Kier molecular flexibility index (Phi) is 5.63. The van der Waals surface area contributed by atoms with Gasteiger partial charge in [-0.2, -0.15) is 10.2 Å². The van der Waals surface area contributed by atoms with Crippen molar-refractivity contribution in [2.24, 2.45) is 10.2 Å². The summed E-state index contributed by atoms with van der Waals surface area (Å²) in [7, 11) is 0. The summed E-state index contributed by atoms with van der Waals surface area (Å²) < 4.78 is 0. The summed E-state index contributed by atoms with van der Waals surface area (Å²) in [6, 6.07) is 5.94. The lowest BCUT2D eigenvalue weighted by molar-refractivity contribution is -0.384. The van der Waals surface area contributed by atoms with E-state index < -0.39 is 4.92 Å². The maximum Gasteiger partial charge on any atom is 0.269 e. The van der Waals surface area contributed by atoms with Crippen LogP contribution in [0.1, 0.15) is 26.2 Å². The zero-order chi connectivity index (χ0) is 13.4. The average molecular weight is 249 g/mol. The van der Waals surface area contributed by atoms with Gasteiger partial charge in [0.1, 0.15) is 6.29 Å². The Morgan fingerprint density at radius 2 is 2.06 bits per heavy atom. The summed E-state index contributed by atoms with van der Waals surface area (Å²) in [6.45, 7) is 1.92. The molecule has 0 bridgehead atoms. The Morgan fingerprint density at radius 3 is 2.61 bits per heavy atom. The first-order valence-electron chi connectivity index (χ1n) is 5.72. The molecule has 0 heterocycles. The minimum absolute atomic E-state index is 0.0352. The van der Waals surface area contributed by atoms with E-state index in [0.717, 1.165) is 19.1 Å². The third-order valence-corrected chi connectivity index (χ3v) is 2.37. The minimum atomic E-state index is -0.455. The van der Waals surface area contributed by atoms with Crippen molar-refractivity contribution in [3.63, 3.8) is 0 Å². The number of nitro groups is 1. The van der Waals surface area contributed by atoms with Gasteiger partial charge in [-0.15, -0.1) is 0 Å². The summed E-state index contributed by atoms with van der Waals surface area (Å²) in [4.78, 5) is 20.1. The zero-order valence-corrected chi connectivity index (χ0v) is 10.2. The molecule has 1 aromatic carbocycles. The number of carbonyl (C=O) groups excluding carboxylic acids is 1. The van der Waals surface area contributed by atoms with Crippen LogP contribution in [0, 0.1) is 10.1 Å². The van der Waals surface area contributed by atoms with Crippen molar-refractivity contribution < 1.29 is 9.72 Å². The molecule has 1 unspecified atom stereocenters. The SMILES string of the molecule is CC(CCCC=O)N=Nc1ccc([N+](=O)[O-])cc1. The number of non-ortho nitro benzene ring substituents is 1. The van der Waals surface area contributed by atoms with Crippen LogP contribution in [0.5, 0.6) is 0 Å². The van der Waals surface area contributed by atoms with Crippen molar-refractivity contribution in [2.45, 2.75) is 32.2 Å². The van der Waals surface area contributed by atoms with Crippen LogP contribution >= 0.6 is 0 Å². The number of nitrogens with zero attached hydrogens (tertiary/aromatic N) is 3. The van der Waals surface area contributed by atoms with Gasteiger partial charge in [-0.3, -0.25) is 10.1 Å². The second kappa shape index (κ2) is 7.26. The molecular formula is C12H15N3O3. The molecule has 0 aliphatic rings. The molecule has 0 aliphatic heterocycles. The van der Waals surface area contributed by atoms with Gasteiger partial charge in [0.25, 0.3) is 5.69 Å². The lowest BCUT2D eigenvalue weighted by Gasteiger charge is -2.01. The highest BCUT2D eigenvalue weighted by Crippen LogP contribution is 2.19. The molecule has 1 atom stereocenters. The van der Waals surface area contributed by atoms with Crippen LogP contribution in [-0.2, 0) is 4.79 Å². The van der Waals surface area contributed by atoms with Crippen molar-refractivity contribution in [3.8, 4) is 0 Å². The Bertz CT molecular complexity index is 429. The number of aldehydes is 1. The molecule has 1 aromatic rings. The summed E-state index contributed by atoms with van der Waals surface area (Å²) >= 11 is 0. The second-order valence-corrected chi connectivity index (χ2v) is 3.94. The molecule has 0 spiro atoms. The number of hydrogen-bond donors (Lipinski definition) is 0. The Labute approximate surface area is 105 Å². The quantitative estimate of drug-likeness (QED) is 0.244. The lowest BCUT2D eigenvalue weighted by atomic mass is 10.1. The van der Waals surface area contributed by atoms with Crippen LogP contribution in [0.3, 0.4) is 0 Å². The van der Waals surface area contributed by atoms with Gasteiger partial charge in [0.2, 0.25) is 0 Å². The molecule has 0 aliphatic carbocycles. The van der Waals surface area contributed by atoms with Gasteiger partial charge in [-0.25, -0.2) is 0 Å². The van der Waals surface area contributed by atoms with Crippen LogP contribution in [0.25, 0.3) is 0 Å². The fourth-order valence-electron chi connectivity index (χ4n) is 1.36. The number of carbonyl (C=O) groups is 1. The van der Waals surface area contributed by atoms with E-state index in [1.54, 1.807) is 12.1 Å². The summed E-state index contributed by atoms with van der Waals surface area (Å²) in [5.41, 5.74) is 0.621. The van der Waals surface area contributed by atoms with E-state index in [2.05, 4.69) is 10.2 Å². The van der Waals surface area contributed by atoms with Crippen molar-refractivity contribution in [3.05, 3.63) is 34.4 Å². The van der Waals surface area contributed by atoms with Gasteiger partial charge in [0.15, 0.2) is 0 Å². The molecule has 6 heteroatoms. The molecule has 0 radical (unpaired) electrons. The second-order valence-electron chi connectivity index (χ2n) is 3.94. The highest BCUT2D eigenvalue weighted by atomic mass is 16.6. The number of nitro benzene ring substituents is 1. The molecular weight excluding hydrogens is 234 g/mol. The van der Waals surface area contributed by atoms with Crippen LogP contribution < -0.4 is 0 Å². The van der Waals surface area contributed by atoms with Gasteiger partial charge in [0.05, 0.1) is 16.7 Å². The van der Waals surface area contributed by atoms with E-state index >= 15 is 0 Å². The molecule has 18 heavy (non-hydrogen) atoms. The van der Waals surface area contributed by atoms with Crippen LogP contribution in [-0.4, -0.2) is 17.3 Å². The van der Waals surface area contributed by atoms with Crippen LogP contribution in [0.2, 0.25) is 0 Å². The molecule has 0 saturated heterocycles. The van der Waals surface area contributed by atoms with E-state index in [0.29, 0.717) is 12.1 Å². The Balaban J connectivity index is 2.50. The fraction of sp³-hybridized carbons (Fsp3) is 0.417. The molecule has 0 amide bonds. The monoisotopic (exact) mass is 249 g/mol. The minimum Gasteiger partial charge on any atom is -0.303 e. The number of unbranched alkanes of at least 4 members (excludes halogenated alkanes) is 1. The lowest BCUT2D eigenvalue weighted by Crippen LogP contribution is -1.96. The number of hydrogen-bond acceptors (Lipinski definition) is 5. The van der Waals surface area contributed by atoms with E-state index in [1.807, 2.05) is 6.92 Å². The maximum absolute atomic E-state index is 10.4. The smallest absolute Gasteiger partial charge is 0.269 e. The van der Waals surface area contributed by atoms with Gasteiger partial charge in [-0.05, 0) is 31.9 Å². The van der Waals surface area contributed by atoms with E-state index in [9.17, 15) is 14.9 Å². The Hall–Kier alpha value is -2.11. The van der Waals surface area contributed by atoms with Crippen molar-refractivity contribution in [1.29, 1.82) is 0 Å². The van der Waals surface area contributed by atoms with Gasteiger partial charge >= 0.3 is 0 Å². The molecule has 0 saturated carbocycles. The first-order valence-corrected chi connectivity index (χ1v) is 5.72. The molecule has 96 valence electrons. The normalized spacial score (nSPS) is 12.5. The largest absolute Gasteiger partial charge is 0.303 e. The summed E-state index contributed by atoms with van der Waals surface area (Å²) in [6.07, 6.45) is 3.02. The summed E-state index contributed by atoms with van der Waals surface area (Å²) in [5.74, 6) is 0. The van der Waals surface area contributed by atoms with Gasteiger partial charge in [0, 0.05) is 18.6 Å². The number of azo groups is 1. The van der Waals surface area contributed by atoms with Crippen LogP contribution in [0.15, 0.2) is 34.5 Å². The van der Waals surface area contributed by atoms with E-state index in [-0.39, 0.29) is 11.7 Å². The molecule has 0 N–H and O–H groups in total. The predicted molar refractivity (Wildman–Crippen MR) is 67.0 cm³/mol. The molecule has 1 rings (SSSR count). The molecule has 6 nitrogen and oxygen atoms in total. The highest BCUT2D eigenvalue weighted by Gasteiger charge is 2.03. The summed E-state index contributed by atoms with van der Waals surface area (Å²) in [5, 5.41) is 18.5.